The number of alkyl halides is 3. The third-order valence-electron chi connectivity index (χ3n) is 1.91. The van der Waals surface area contributed by atoms with Crippen LogP contribution in [-0.4, -0.2) is 32.8 Å². The molecule has 0 saturated carbocycles. The molecule has 0 spiro atoms. The Bertz CT molecular complexity index is 511. The second-order valence-corrected chi connectivity index (χ2v) is 5.45. The first-order valence-electron chi connectivity index (χ1n) is 4.82. The maximum absolute atomic E-state index is 11.8. The lowest BCUT2D eigenvalue weighted by atomic mass is 10.4. The Morgan fingerprint density at radius 1 is 1.17 bits per heavy atom. The van der Waals surface area contributed by atoms with Crippen molar-refractivity contribution in [1.29, 1.82) is 0 Å². The second kappa shape index (κ2) is 5.38. The Labute approximate surface area is 102 Å². The van der Waals surface area contributed by atoms with Crippen LogP contribution in [0.25, 0.3) is 0 Å². The summed E-state index contributed by atoms with van der Waals surface area (Å²) in [6.07, 6.45) is -4.56. The van der Waals surface area contributed by atoms with E-state index in [9.17, 15) is 26.4 Å². The average Bonchev–Trinajstić information content (AvgIpc) is 2.26. The standard InChI is InChI=1S/C10H10F3NO3S/c11-10(12,13)7-14-9(15)6-18(16,17)8-4-2-1-3-5-8/h1-5H,6-7H2,(H,14,15). The highest BCUT2D eigenvalue weighted by Gasteiger charge is 2.29. The lowest BCUT2D eigenvalue weighted by molar-refractivity contribution is -0.137. The monoisotopic (exact) mass is 281 g/mol. The van der Waals surface area contributed by atoms with Crippen LogP contribution >= 0.6 is 0 Å². The summed E-state index contributed by atoms with van der Waals surface area (Å²) in [6, 6.07) is 7.04. The Hall–Kier alpha value is -1.57. The minimum Gasteiger partial charge on any atom is -0.346 e. The molecule has 100 valence electrons. The van der Waals surface area contributed by atoms with Gasteiger partial charge in [0.05, 0.1) is 4.90 Å². The van der Waals surface area contributed by atoms with Crippen LogP contribution < -0.4 is 5.32 Å². The van der Waals surface area contributed by atoms with Crippen molar-refractivity contribution >= 4 is 15.7 Å². The Morgan fingerprint density at radius 3 is 2.22 bits per heavy atom. The van der Waals surface area contributed by atoms with Crippen molar-refractivity contribution in [1.82, 2.24) is 5.32 Å². The summed E-state index contributed by atoms with van der Waals surface area (Å²) in [6.45, 7) is -1.55. The highest BCUT2D eigenvalue weighted by atomic mass is 32.2. The fourth-order valence-corrected chi connectivity index (χ4v) is 2.32. The molecule has 0 unspecified atom stereocenters. The molecule has 0 atom stereocenters. The van der Waals surface area contributed by atoms with Gasteiger partial charge in [0, 0.05) is 0 Å². The van der Waals surface area contributed by atoms with E-state index < -0.39 is 34.2 Å². The molecule has 0 aliphatic heterocycles. The molecule has 0 aliphatic rings. The fraction of sp³-hybridized carbons (Fsp3) is 0.300. The molecule has 0 fully saturated rings. The van der Waals surface area contributed by atoms with E-state index in [4.69, 9.17) is 0 Å². The van der Waals surface area contributed by atoms with Gasteiger partial charge in [0.1, 0.15) is 12.3 Å². The zero-order valence-corrected chi connectivity index (χ0v) is 9.88. The van der Waals surface area contributed by atoms with E-state index in [1.807, 2.05) is 0 Å². The lowest BCUT2D eigenvalue weighted by Crippen LogP contribution is -2.37. The number of hydrogen-bond donors (Lipinski definition) is 1. The molecule has 1 N–H and O–H groups in total. The van der Waals surface area contributed by atoms with Gasteiger partial charge in [-0.3, -0.25) is 4.79 Å². The number of amides is 1. The Balaban J connectivity index is 2.65. The number of carbonyl (C=O) groups excluding carboxylic acids is 1. The molecule has 8 heteroatoms. The van der Waals surface area contributed by atoms with Crippen molar-refractivity contribution in [3.05, 3.63) is 30.3 Å². The molecule has 18 heavy (non-hydrogen) atoms. The minimum absolute atomic E-state index is 0.104. The van der Waals surface area contributed by atoms with Crippen LogP contribution in [0.1, 0.15) is 0 Å². The average molecular weight is 281 g/mol. The van der Waals surface area contributed by atoms with Crippen LogP contribution in [0.2, 0.25) is 0 Å². The lowest BCUT2D eigenvalue weighted by Gasteiger charge is -2.08. The van der Waals surface area contributed by atoms with Gasteiger partial charge in [-0.05, 0) is 12.1 Å². The summed E-state index contributed by atoms with van der Waals surface area (Å²) in [4.78, 5) is 11.0. The zero-order chi connectivity index (χ0) is 13.8. The van der Waals surface area contributed by atoms with E-state index in [2.05, 4.69) is 0 Å². The predicted molar refractivity (Wildman–Crippen MR) is 57.6 cm³/mol. The van der Waals surface area contributed by atoms with Gasteiger partial charge in [-0.1, -0.05) is 18.2 Å². The van der Waals surface area contributed by atoms with Gasteiger partial charge in [-0.15, -0.1) is 0 Å². The summed E-state index contributed by atoms with van der Waals surface area (Å²) >= 11 is 0. The van der Waals surface area contributed by atoms with E-state index in [0.29, 0.717) is 0 Å². The minimum atomic E-state index is -4.56. The quantitative estimate of drug-likeness (QED) is 0.900. The third-order valence-corrected chi connectivity index (χ3v) is 3.54. The van der Waals surface area contributed by atoms with Crippen LogP contribution in [-0.2, 0) is 14.6 Å². The molecule has 0 radical (unpaired) electrons. The molecule has 1 amide bonds. The highest BCUT2D eigenvalue weighted by molar-refractivity contribution is 7.92. The number of sulfone groups is 1. The SMILES string of the molecule is O=C(CS(=O)(=O)c1ccccc1)NCC(F)(F)F. The molecule has 4 nitrogen and oxygen atoms in total. The normalized spacial score (nSPS) is 12.2. The molecule has 1 rings (SSSR count). The van der Waals surface area contributed by atoms with Crippen LogP contribution in [0, 0.1) is 0 Å². The summed E-state index contributed by atoms with van der Waals surface area (Å²) in [7, 11) is -3.91. The fourth-order valence-electron chi connectivity index (χ4n) is 1.13. The molecular formula is C10H10F3NO3S. The van der Waals surface area contributed by atoms with E-state index >= 15 is 0 Å². The van der Waals surface area contributed by atoms with Gasteiger partial charge in [0.2, 0.25) is 5.91 Å². The molecule has 1 aromatic rings. The largest absolute Gasteiger partial charge is 0.405 e. The number of halogens is 3. The maximum Gasteiger partial charge on any atom is 0.405 e. The van der Waals surface area contributed by atoms with Crippen molar-refractivity contribution in [2.24, 2.45) is 0 Å². The van der Waals surface area contributed by atoms with Crippen molar-refractivity contribution < 1.29 is 26.4 Å². The first-order valence-corrected chi connectivity index (χ1v) is 6.47. The first-order chi connectivity index (χ1) is 8.21. The van der Waals surface area contributed by atoms with Crippen molar-refractivity contribution in [3.8, 4) is 0 Å². The summed E-state index contributed by atoms with van der Waals surface area (Å²) in [5.74, 6) is -2.19. The molecule has 0 saturated heterocycles. The molecular weight excluding hydrogens is 271 g/mol. The Kier molecular flexibility index (Phi) is 4.33. The summed E-state index contributed by atoms with van der Waals surface area (Å²) < 4.78 is 58.7. The number of hydrogen-bond acceptors (Lipinski definition) is 3. The molecule has 1 aromatic carbocycles. The molecule has 0 aliphatic carbocycles. The third kappa shape index (κ3) is 4.74. The number of nitrogens with one attached hydrogen (secondary N) is 1. The van der Waals surface area contributed by atoms with Crippen molar-refractivity contribution in [2.45, 2.75) is 11.1 Å². The summed E-state index contributed by atoms with van der Waals surface area (Å²) in [5.41, 5.74) is 0. The van der Waals surface area contributed by atoms with Crippen LogP contribution in [0.4, 0.5) is 13.2 Å². The first kappa shape index (κ1) is 14.5. The summed E-state index contributed by atoms with van der Waals surface area (Å²) in [5, 5.41) is 1.51. The van der Waals surface area contributed by atoms with Crippen molar-refractivity contribution in [3.63, 3.8) is 0 Å². The van der Waals surface area contributed by atoms with Gasteiger partial charge in [0.15, 0.2) is 9.84 Å². The zero-order valence-electron chi connectivity index (χ0n) is 9.07. The van der Waals surface area contributed by atoms with Gasteiger partial charge in [0.25, 0.3) is 0 Å². The van der Waals surface area contributed by atoms with Crippen LogP contribution in [0.3, 0.4) is 0 Å². The van der Waals surface area contributed by atoms with E-state index in [0.717, 1.165) is 0 Å². The highest BCUT2D eigenvalue weighted by Crippen LogP contribution is 2.13. The van der Waals surface area contributed by atoms with E-state index in [1.54, 1.807) is 6.07 Å². The van der Waals surface area contributed by atoms with Crippen molar-refractivity contribution in [2.75, 3.05) is 12.3 Å². The van der Waals surface area contributed by atoms with Gasteiger partial charge in [-0.25, -0.2) is 8.42 Å². The van der Waals surface area contributed by atoms with Crippen LogP contribution in [0.15, 0.2) is 35.2 Å². The number of rotatable bonds is 4. The topological polar surface area (TPSA) is 63.2 Å². The maximum atomic E-state index is 11.8. The van der Waals surface area contributed by atoms with Gasteiger partial charge in [-0.2, -0.15) is 13.2 Å². The van der Waals surface area contributed by atoms with E-state index in [1.165, 1.54) is 29.6 Å². The Morgan fingerprint density at radius 2 is 1.72 bits per heavy atom. The van der Waals surface area contributed by atoms with Gasteiger partial charge >= 0.3 is 6.18 Å². The molecule has 0 aromatic heterocycles. The van der Waals surface area contributed by atoms with E-state index in [-0.39, 0.29) is 4.90 Å². The smallest absolute Gasteiger partial charge is 0.346 e. The van der Waals surface area contributed by atoms with Crippen LogP contribution in [0.5, 0.6) is 0 Å². The molecule has 0 bridgehead atoms. The second-order valence-electron chi connectivity index (χ2n) is 3.46. The molecule has 0 heterocycles. The van der Waals surface area contributed by atoms with Gasteiger partial charge < -0.3 is 5.32 Å². The number of benzene rings is 1. The number of carbonyl (C=O) groups is 1. The predicted octanol–water partition coefficient (Wildman–Crippen LogP) is 1.14.